The number of hydrogen-bond donors (Lipinski definition) is 0. The summed E-state index contributed by atoms with van der Waals surface area (Å²) in [5, 5.41) is 2.63. The van der Waals surface area contributed by atoms with Crippen LogP contribution in [0.15, 0.2) is 0 Å². The summed E-state index contributed by atoms with van der Waals surface area (Å²) in [6.45, 7) is 19.9. The van der Waals surface area contributed by atoms with E-state index in [1.165, 1.54) is 231 Å². The molecule has 4 atom stereocenters. The molecule has 0 saturated carbocycles. The van der Waals surface area contributed by atoms with E-state index in [1.54, 1.807) is 0 Å². The fraction of sp³-hybridized carbons (Fsp3) is 0.938. The van der Waals surface area contributed by atoms with Gasteiger partial charge < -0.3 is 18.9 Å². The standard InChI is InChI=1S/C65H124O4S4/c1-9-17-41-57(13-5)45-33-25-21-29-37-49-61(70)66-53-65(54-67-62(71)50-38-30-22-26-34-46-58(14-6)42-18-10-2,55-68-63(72)51-39-31-23-27-35-47-59(15-7)43-19-11-3)56-69-64(73)52-40-32-24-28-36-48-60(16-8)44-20-12-4/h57-60H,9-56H2,1-8H3. The van der Waals surface area contributed by atoms with E-state index in [2.05, 4.69) is 55.4 Å². The average molecular weight is 1100 g/mol. The number of hydrogen-bond acceptors (Lipinski definition) is 8. The summed E-state index contributed by atoms with van der Waals surface area (Å²) in [5.41, 5.74) is -0.676. The second kappa shape index (κ2) is 53.6. The highest BCUT2D eigenvalue weighted by Gasteiger charge is 2.37. The molecule has 0 radical (unpaired) electrons. The molecular weight excluding hydrogens is 973 g/mol. The smallest absolute Gasteiger partial charge is 0.159 e. The van der Waals surface area contributed by atoms with Crippen molar-refractivity contribution in [3.05, 3.63) is 0 Å². The Hall–Kier alpha value is -0.440. The molecule has 0 saturated heterocycles. The highest BCUT2D eigenvalue weighted by atomic mass is 32.1. The monoisotopic (exact) mass is 1100 g/mol. The molecule has 73 heavy (non-hydrogen) atoms. The van der Waals surface area contributed by atoms with Crippen LogP contribution in [0.1, 0.15) is 338 Å². The van der Waals surface area contributed by atoms with Crippen molar-refractivity contribution < 1.29 is 18.9 Å². The molecule has 0 N–H and O–H groups in total. The lowest BCUT2D eigenvalue weighted by molar-refractivity contribution is -0.0163. The van der Waals surface area contributed by atoms with Gasteiger partial charge in [0.2, 0.25) is 0 Å². The Bertz CT molecular complexity index is 1070. The Morgan fingerprint density at radius 2 is 0.438 bits per heavy atom. The fourth-order valence-corrected chi connectivity index (χ4v) is 11.4. The minimum Gasteiger partial charge on any atom is -0.486 e. The summed E-state index contributed by atoms with van der Waals surface area (Å²) in [6, 6.07) is 0. The van der Waals surface area contributed by atoms with Crippen LogP contribution in [0, 0.1) is 29.1 Å². The predicted octanol–water partition coefficient (Wildman–Crippen LogP) is 23.1. The van der Waals surface area contributed by atoms with Crippen LogP contribution in [-0.4, -0.2) is 46.6 Å². The Kier molecular flexibility index (Phi) is 53.2. The lowest BCUT2D eigenvalue weighted by atomic mass is 9.92. The van der Waals surface area contributed by atoms with Crippen LogP contribution in [-0.2, 0) is 18.9 Å². The maximum atomic E-state index is 6.52. The van der Waals surface area contributed by atoms with Crippen LogP contribution in [0.3, 0.4) is 0 Å². The molecule has 0 aliphatic heterocycles. The molecule has 0 amide bonds. The van der Waals surface area contributed by atoms with Crippen molar-refractivity contribution in [3.8, 4) is 0 Å². The molecule has 0 aliphatic rings. The molecule has 432 valence electrons. The molecule has 8 heteroatoms. The van der Waals surface area contributed by atoms with Gasteiger partial charge in [0.05, 0.1) is 0 Å². The van der Waals surface area contributed by atoms with Crippen molar-refractivity contribution in [2.24, 2.45) is 29.1 Å². The van der Waals surface area contributed by atoms with Crippen molar-refractivity contribution in [1.82, 2.24) is 0 Å². The molecule has 0 aromatic rings. The van der Waals surface area contributed by atoms with Gasteiger partial charge in [-0.3, -0.25) is 0 Å². The summed E-state index contributed by atoms with van der Waals surface area (Å²) < 4.78 is 26.1. The van der Waals surface area contributed by atoms with Gasteiger partial charge in [0, 0.05) is 25.7 Å². The molecular formula is C65H124O4S4. The molecule has 0 rings (SSSR count). The number of thiocarbonyl (C=S) groups is 4. The van der Waals surface area contributed by atoms with Crippen molar-refractivity contribution in [2.45, 2.75) is 338 Å². The van der Waals surface area contributed by atoms with Crippen molar-refractivity contribution in [2.75, 3.05) is 26.4 Å². The maximum absolute atomic E-state index is 6.52. The van der Waals surface area contributed by atoms with Crippen molar-refractivity contribution in [3.63, 3.8) is 0 Å². The van der Waals surface area contributed by atoms with E-state index in [0.29, 0.717) is 46.6 Å². The van der Waals surface area contributed by atoms with Gasteiger partial charge in [0.1, 0.15) is 31.8 Å². The molecule has 0 spiro atoms. The highest BCUT2D eigenvalue weighted by Crippen LogP contribution is 2.27. The fourth-order valence-electron chi connectivity index (χ4n) is 10.6. The lowest BCUT2D eigenvalue weighted by Crippen LogP contribution is -2.43. The van der Waals surface area contributed by atoms with Crippen LogP contribution in [0.25, 0.3) is 0 Å². The SMILES string of the molecule is CCCCC(CC)CCCCCCCC(=S)OCC(COC(=S)CCCCCCCC(CC)CCCC)(COC(=S)CCCCCCCC(CC)CCCC)COC(=S)CCCCCCCC(CC)CCCC. The largest absolute Gasteiger partial charge is 0.486 e. The molecule has 0 heterocycles. The Labute approximate surface area is 478 Å². The van der Waals surface area contributed by atoms with Gasteiger partial charge in [-0.15, -0.1) is 0 Å². The molecule has 0 aromatic carbocycles. The molecule has 4 nitrogen and oxygen atoms in total. The van der Waals surface area contributed by atoms with Crippen molar-refractivity contribution >= 4 is 69.1 Å². The van der Waals surface area contributed by atoms with Crippen LogP contribution in [0.4, 0.5) is 0 Å². The molecule has 0 fully saturated rings. The second-order valence-electron chi connectivity index (χ2n) is 23.0. The van der Waals surface area contributed by atoms with Gasteiger partial charge in [-0.05, 0) is 98.2 Å². The predicted molar refractivity (Wildman–Crippen MR) is 339 cm³/mol. The zero-order valence-corrected chi connectivity index (χ0v) is 53.3. The Balaban J connectivity index is 5.71. The molecule has 0 bridgehead atoms. The summed E-state index contributed by atoms with van der Waals surface area (Å²) >= 11 is 23.7. The zero-order valence-electron chi connectivity index (χ0n) is 50.0. The summed E-state index contributed by atoms with van der Waals surface area (Å²) in [7, 11) is 0. The number of unbranched alkanes of at least 4 members (excludes halogenated alkanes) is 20. The summed E-state index contributed by atoms with van der Waals surface area (Å²) in [6.07, 6.45) is 54.7. The summed E-state index contributed by atoms with van der Waals surface area (Å²) in [4.78, 5) is 0. The zero-order chi connectivity index (χ0) is 53.9. The third kappa shape index (κ3) is 45.2. The Morgan fingerprint density at radius 3 is 0.630 bits per heavy atom. The number of ether oxygens (including phenoxy) is 4. The Morgan fingerprint density at radius 1 is 0.260 bits per heavy atom. The van der Waals surface area contributed by atoms with Gasteiger partial charge in [0.25, 0.3) is 0 Å². The first-order chi connectivity index (χ1) is 35.5. The minimum atomic E-state index is -0.676. The first kappa shape index (κ1) is 72.6. The van der Waals surface area contributed by atoms with Gasteiger partial charge in [-0.2, -0.15) is 0 Å². The second-order valence-corrected chi connectivity index (χ2v) is 24.9. The topological polar surface area (TPSA) is 36.9 Å². The van der Waals surface area contributed by atoms with Crippen molar-refractivity contribution in [1.29, 1.82) is 0 Å². The third-order valence-corrected chi connectivity index (χ3v) is 17.6. The molecule has 0 aliphatic carbocycles. The lowest BCUT2D eigenvalue weighted by Gasteiger charge is -2.33. The average Bonchev–Trinajstić information content (AvgIpc) is 3.40. The highest BCUT2D eigenvalue weighted by molar-refractivity contribution is 7.80. The van der Waals surface area contributed by atoms with Gasteiger partial charge in [-0.25, -0.2) is 0 Å². The van der Waals surface area contributed by atoms with Crippen LogP contribution >= 0.6 is 48.9 Å². The molecule has 0 aromatic heterocycles. The first-order valence-electron chi connectivity index (χ1n) is 32.2. The minimum absolute atomic E-state index is 0.320. The van der Waals surface area contributed by atoms with Gasteiger partial charge in [-0.1, -0.05) is 287 Å². The van der Waals surface area contributed by atoms with E-state index < -0.39 is 5.41 Å². The summed E-state index contributed by atoms with van der Waals surface area (Å²) in [5.74, 6) is 3.58. The van der Waals surface area contributed by atoms with E-state index in [1.807, 2.05) is 0 Å². The van der Waals surface area contributed by atoms with E-state index in [9.17, 15) is 0 Å². The van der Waals surface area contributed by atoms with Gasteiger partial charge >= 0.3 is 0 Å². The normalized spacial score (nSPS) is 14.0. The number of rotatable bonds is 56. The van der Waals surface area contributed by atoms with E-state index in [0.717, 1.165) is 75.0 Å². The van der Waals surface area contributed by atoms with E-state index in [4.69, 9.17) is 67.8 Å². The van der Waals surface area contributed by atoms with E-state index in [-0.39, 0.29) is 0 Å². The van der Waals surface area contributed by atoms with E-state index >= 15 is 0 Å². The quantitative estimate of drug-likeness (QED) is 0.0441. The van der Waals surface area contributed by atoms with Crippen LogP contribution in [0.5, 0.6) is 0 Å². The van der Waals surface area contributed by atoms with Crippen LogP contribution in [0.2, 0.25) is 0 Å². The van der Waals surface area contributed by atoms with Crippen LogP contribution < -0.4 is 0 Å². The molecule has 4 unspecified atom stereocenters. The third-order valence-electron chi connectivity index (χ3n) is 16.3. The van der Waals surface area contributed by atoms with Gasteiger partial charge in [0.15, 0.2) is 20.2 Å². The maximum Gasteiger partial charge on any atom is 0.159 e. The first-order valence-corrected chi connectivity index (χ1v) is 33.8.